The summed E-state index contributed by atoms with van der Waals surface area (Å²) in [5.41, 5.74) is 0. The molecular weight excluding hydrogens is 250 g/mol. The van der Waals surface area contributed by atoms with Gasteiger partial charge < -0.3 is 0 Å². The topological polar surface area (TPSA) is 3.24 Å². The van der Waals surface area contributed by atoms with Crippen molar-refractivity contribution in [3.8, 4) is 0 Å². The van der Waals surface area contributed by atoms with Gasteiger partial charge in [0.25, 0.3) is 0 Å². The molecule has 0 N–H and O–H groups in total. The van der Waals surface area contributed by atoms with Gasteiger partial charge in [-0.05, 0) is 51.0 Å². The molecule has 2 aliphatic rings. The minimum Gasteiger partial charge on any atom is -0.297 e. The first kappa shape index (κ1) is 11.9. The highest BCUT2D eigenvalue weighted by molar-refractivity contribution is 9.09. The second-order valence-electron chi connectivity index (χ2n) is 5.73. The van der Waals surface area contributed by atoms with Gasteiger partial charge in [0, 0.05) is 16.9 Å². The van der Waals surface area contributed by atoms with Crippen LogP contribution in [-0.2, 0) is 0 Å². The summed E-state index contributed by atoms with van der Waals surface area (Å²) >= 11 is 3.80. The molecule has 0 amide bonds. The van der Waals surface area contributed by atoms with Gasteiger partial charge in [-0.3, -0.25) is 4.90 Å². The molecule has 0 radical (unpaired) electrons. The summed E-state index contributed by atoms with van der Waals surface area (Å²) in [7, 11) is 0. The Morgan fingerprint density at radius 2 is 1.80 bits per heavy atom. The van der Waals surface area contributed by atoms with Gasteiger partial charge in [-0.2, -0.15) is 0 Å². The molecule has 2 atom stereocenters. The number of hydrogen-bond donors (Lipinski definition) is 0. The van der Waals surface area contributed by atoms with E-state index < -0.39 is 0 Å². The second kappa shape index (κ2) is 5.18. The molecule has 2 unspecified atom stereocenters. The summed E-state index contributed by atoms with van der Waals surface area (Å²) in [5.74, 6) is 0.872. The molecule has 0 aromatic carbocycles. The Labute approximate surface area is 103 Å². The van der Waals surface area contributed by atoms with Gasteiger partial charge in [0.2, 0.25) is 0 Å². The lowest BCUT2D eigenvalue weighted by molar-refractivity contribution is 0.141. The molecule has 2 saturated heterocycles. The molecule has 1 nitrogen and oxygen atoms in total. The van der Waals surface area contributed by atoms with Gasteiger partial charge in [-0.25, -0.2) is 0 Å². The molecule has 2 rings (SSSR count). The van der Waals surface area contributed by atoms with E-state index in [1.165, 1.54) is 45.1 Å². The Hall–Kier alpha value is 0.440. The molecule has 2 bridgehead atoms. The first-order valence-electron chi connectivity index (χ1n) is 6.56. The van der Waals surface area contributed by atoms with Crippen LogP contribution in [0.4, 0.5) is 0 Å². The van der Waals surface area contributed by atoms with Crippen LogP contribution >= 0.6 is 15.9 Å². The van der Waals surface area contributed by atoms with E-state index in [4.69, 9.17) is 0 Å². The Morgan fingerprint density at radius 3 is 2.33 bits per heavy atom. The Morgan fingerprint density at radius 1 is 1.20 bits per heavy atom. The summed E-state index contributed by atoms with van der Waals surface area (Å²) in [6.45, 7) is 6.02. The average Bonchev–Trinajstić information content (AvgIpc) is 2.42. The molecule has 0 aliphatic carbocycles. The van der Waals surface area contributed by atoms with Crippen molar-refractivity contribution >= 4 is 15.9 Å². The van der Waals surface area contributed by atoms with Gasteiger partial charge in [-0.15, -0.1) is 0 Å². The molecule has 2 aliphatic heterocycles. The van der Waals surface area contributed by atoms with Crippen molar-refractivity contribution in [2.75, 3.05) is 6.54 Å². The number of piperidine rings is 1. The number of nitrogens with zero attached hydrogens (tertiary/aromatic N) is 1. The van der Waals surface area contributed by atoms with Crippen molar-refractivity contribution in [1.29, 1.82) is 0 Å². The fraction of sp³-hybridized carbons (Fsp3) is 1.00. The predicted molar refractivity (Wildman–Crippen MR) is 69.5 cm³/mol. The molecule has 15 heavy (non-hydrogen) atoms. The number of hydrogen-bond acceptors (Lipinski definition) is 1. The monoisotopic (exact) mass is 273 g/mol. The smallest absolute Gasteiger partial charge is 0.0175 e. The van der Waals surface area contributed by atoms with Crippen molar-refractivity contribution in [2.24, 2.45) is 5.92 Å². The molecular formula is C13H24BrN. The van der Waals surface area contributed by atoms with Gasteiger partial charge in [-0.1, -0.05) is 29.8 Å². The fourth-order valence-corrected chi connectivity index (χ4v) is 4.12. The van der Waals surface area contributed by atoms with Crippen LogP contribution < -0.4 is 0 Å². The normalized spacial score (nSPS) is 36.4. The van der Waals surface area contributed by atoms with Crippen LogP contribution in [0.25, 0.3) is 0 Å². The van der Waals surface area contributed by atoms with E-state index in [1.807, 2.05) is 0 Å². The molecule has 2 heterocycles. The summed E-state index contributed by atoms with van der Waals surface area (Å²) < 4.78 is 0. The van der Waals surface area contributed by atoms with Crippen LogP contribution in [0.1, 0.15) is 52.4 Å². The van der Waals surface area contributed by atoms with Crippen LogP contribution in [-0.4, -0.2) is 28.4 Å². The Balaban J connectivity index is 1.78. The largest absolute Gasteiger partial charge is 0.297 e. The van der Waals surface area contributed by atoms with Crippen molar-refractivity contribution < 1.29 is 0 Å². The van der Waals surface area contributed by atoms with Gasteiger partial charge in [0.05, 0.1) is 0 Å². The maximum atomic E-state index is 3.80. The van der Waals surface area contributed by atoms with E-state index in [9.17, 15) is 0 Å². The van der Waals surface area contributed by atoms with Crippen LogP contribution in [0, 0.1) is 5.92 Å². The summed E-state index contributed by atoms with van der Waals surface area (Å²) in [5, 5.41) is 0. The first-order chi connectivity index (χ1) is 7.16. The number of halogens is 1. The maximum absolute atomic E-state index is 3.80. The third kappa shape index (κ3) is 2.97. The maximum Gasteiger partial charge on any atom is 0.0175 e. The number of alkyl halides is 1. The highest BCUT2D eigenvalue weighted by Crippen LogP contribution is 2.38. The standard InChI is InChI=1S/C13H24BrN/c1-10(2)4-3-7-15-12-5-6-13(15)9-11(14)8-12/h10-13H,3-9H2,1-2H3. The Bertz CT molecular complexity index is 191. The fourth-order valence-electron chi connectivity index (χ4n) is 3.25. The highest BCUT2D eigenvalue weighted by Gasteiger charge is 2.39. The van der Waals surface area contributed by atoms with Crippen LogP contribution in [0.2, 0.25) is 0 Å². The lowest BCUT2D eigenvalue weighted by atomic mass is 10.0. The molecule has 0 aromatic rings. The van der Waals surface area contributed by atoms with Crippen molar-refractivity contribution in [2.45, 2.75) is 69.3 Å². The third-order valence-electron chi connectivity index (χ3n) is 4.02. The average molecular weight is 274 g/mol. The van der Waals surface area contributed by atoms with Crippen LogP contribution in [0.5, 0.6) is 0 Å². The van der Waals surface area contributed by atoms with E-state index in [0.29, 0.717) is 0 Å². The third-order valence-corrected chi connectivity index (χ3v) is 4.77. The molecule has 2 heteroatoms. The van der Waals surface area contributed by atoms with E-state index in [-0.39, 0.29) is 0 Å². The Kier molecular flexibility index (Phi) is 4.11. The van der Waals surface area contributed by atoms with Gasteiger partial charge in [0.1, 0.15) is 0 Å². The molecule has 0 saturated carbocycles. The quantitative estimate of drug-likeness (QED) is 0.704. The van der Waals surface area contributed by atoms with E-state index in [1.54, 1.807) is 0 Å². The van der Waals surface area contributed by atoms with Crippen LogP contribution in [0.3, 0.4) is 0 Å². The first-order valence-corrected chi connectivity index (χ1v) is 7.48. The zero-order valence-corrected chi connectivity index (χ0v) is 11.7. The van der Waals surface area contributed by atoms with E-state index in [0.717, 1.165) is 22.8 Å². The van der Waals surface area contributed by atoms with E-state index in [2.05, 4.69) is 34.7 Å². The minimum absolute atomic E-state index is 0.802. The lowest BCUT2D eigenvalue weighted by Crippen LogP contribution is -2.43. The number of rotatable bonds is 4. The second-order valence-corrected chi connectivity index (χ2v) is 7.02. The molecule has 2 fully saturated rings. The highest BCUT2D eigenvalue weighted by atomic mass is 79.9. The summed E-state index contributed by atoms with van der Waals surface area (Å²) in [6.07, 6.45) is 8.48. The SMILES string of the molecule is CC(C)CCCN1C2CCC1CC(Br)C2. The molecule has 88 valence electrons. The zero-order chi connectivity index (χ0) is 10.8. The van der Waals surface area contributed by atoms with Gasteiger partial charge in [0.15, 0.2) is 0 Å². The predicted octanol–water partition coefficient (Wildman–Crippen LogP) is 3.81. The molecule has 0 aromatic heterocycles. The number of fused-ring (bicyclic) bond motifs is 2. The summed E-state index contributed by atoms with van der Waals surface area (Å²) in [6, 6.07) is 1.81. The minimum atomic E-state index is 0.802. The lowest BCUT2D eigenvalue weighted by Gasteiger charge is -2.37. The van der Waals surface area contributed by atoms with Crippen molar-refractivity contribution in [3.63, 3.8) is 0 Å². The van der Waals surface area contributed by atoms with Crippen LogP contribution in [0.15, 0.2) is 0 Å². The van der Waals surface area contributed by atoms with Crippen molar-refractivity contribution in [1.82, 2.24) is 4.90 Å². The van der Waals surface area contributed by atoms with Crippen molar-refractivity contribution in [3.05, 3.63) is 0 Å². The van der Waals surface area contributed by atoms with Gasteiger partial charge >= 0.3 is 0 Å². The molecule has 0 spiro atoms. The zero-order valence-electron chi connectivity index (χ0n) is 10.1. The van der Waals surface area contributed by atoms with E-state index >= 15 is 0 Å². The summed E-state index contributed by atoms with van der Waals surface area (Å²) in [4.78, 5) is 3.61.